The van der Waals surface area contributed by atoms with Gasteiger partial charge in [0.2, 0.25) is 0 Å². The van der Waals surface area contributed by atoms with Crippen LogP contribution in [0.2, 0.25) is 0 Å². The summed E-state index contributed by atoms with van der Waals surface area (Å²) in [6, 6.07) is 1.51. The van der Waals surface area contributed by atoms with Crippen LogP contribution in [0.4, 0.5) is 4.79 Å². The molecule has 0 saturated carbocycles. The van der Waals surface area contributed by atoms with Gasteiger partial charge >= 0.3 is 13.9 Å². The minimum absolute atomic E-state index is 0.0738. The Kier molecular flexibility index (Phi) is 20.8. The Morgan fingerprint density at radius 3 is 2.03 bits per heavy atom. The van der Waals surface area contributed by atoms with Gasteiger partial charge in [-0.3, -0.25) is 4.52 Å². The third kappa shape index (κ3) is 21.8. The van der Waals surface area contributed by atoms with Crippen LogP contribution in [0.15, 0.2) is 16.9 Å². The summed E-state index contributed by atoms with van der Waals surface area (Å²) in [4.78, 5) is 29.3. The van der Waals surface area contributed by atoms with Crippen molar-refractivity contribution < 1.29 is 37.7 Å². The molecule has 2 atom stereocenters. The molecule has 0 spiro atoms. The Hall–Kier alpha value is -1.13. The molecule has 0 aromatic carbocycles. The van der Waals surface area contributed by atoms with Crippen LogP contribution in [0.1, 0.15) is 110 Å². The van der Waals surface area contributed by atoms with Gasteiger partial charge in [-0.25, -0.2) is 9.36 Å². The molecular weight excluding hydrogens is 579 g/mol. The smallest absolute Gasteiger partial charge is 0.469 e. The highest BCUT2D eigenvalue weighted by Gasteiger charge is 2.23. The summed E-state index contributed by atoms with van der Waals surface area (Å²) < 4.78 is 31.1. The van der Waals surface area contributed by atoms with Crippen LogP contribution < -0.4 is 10.1 Å². The van der Waals surface area contributed by atoms with Crippen LogP contribution in [0.5, 0.6) is 5.88 Å². The molecule has 12 heteroatoms. The zero-order chi connectivity index (χ0) is 27.9. The summed E-state index contributed by atoms with van der Waals surface area (Å²) in [5.74, 6) is 0.215. The van der Waals surface area contributed by atoms with Crippen molar-refractivity contribution in [1.82, 2.24) is 10.5 Å². The van der Waals surface area contributed by atoms with Crippen molar-refractivity contribution >= 4 is 29.8 Å². The number of carbonyl (C=O) groups excluding carboxylic acids is 1. The predicted octanol–water partition coefficient (Wildman–Crippen LogP) is 7.28. The zero-order valence-corrected chi connectivity index (χ0v) is 25.3. The maximum absolute atomic E-state index is 12.1. The van der Waals surface area contributed by atoms with Crippen LogP contribution in [0.25, 0.3) is 0 Å². The number of halogens is 1. The van der Waals surface area contributed by atoms with Crippen molar-refractivity contribution in [2.24, 2.45) is 0 Å². The van der Waals surface area contributed by atoms with E-state index in [0.29, 0.717) is 6.54 Å². The number of carbonyl (C=O) groups is 1. The molecule has 0 bridgehead atoms. The molecule has 0 aliphatic rings. The highest BCUT2D eigenvalue weighted by Crippen LogP contribution is 2.36. The van der Waals surface area contributed by atoms with Crippen LogP contribution in [-0.4, -0.2) is 51.7 Å². The van der Waals surface area contributed by atoms with Crippen molar-refractivity contribution in [3.8, 4) is 5.88 Å². The Balaban J connectivity index is 2.06. The molecule has 3 N–H and O–H groups in total. The normalized spacial score (nSPS) is 13.3. The lowest BCUT2D eigenvalue weighted by atomic mass is 10.0. The second-order valence-electron chi connectivity index (χ2n) is 9.67. The molecule has 0 fully saturated rings. The van der Waals surface area contributed by atoms with Crippen molar-refractivity contribution in [2.75, 3.05) is 19.8 Å². The van der Waals surface area contributed by atoms with Gasteiger partial charge in [-0.05, 0) is 11.6 Å². The molecule has 1 aromatic heterocycles. The first-order valence-corrected chi connectivity index (χ1v) is 16.6. The summed E-state index contributed by atoms with van der Waals surface area (Å²) in [7, 11) is -4.58. The molecular formula is C26H48BrN2O8P. The maximum Gasteiger partial charge on any atom is 0.469 e. The molecule has 1 aromatic rings. The van der Waals surface area contributed by atoms with Gasteiger partial charge in [-0.2, -0.15) is 0 Å². The first kappa shape index (κ1) is 34.9. The number of rotatable bonds is 25. The lowest BCUT2D eigenvalue weighted by Crippen LogP contribution is -2.33. The molecule has 1 heterocycles. The van der Waals surface area contributed by atoms with E-state index in [1.165, 1.54) is 95.8 Å². The molecule has 0 aliphatic carbocycles. The number of alkyl carbamates (subject to hydrolysis) is 1. The number of amides is 1. The number of ether oxygens (including phenoxy) is 2. The van der Waals surface area contributed by atoms with Gasteiger partial charge in [0, 0.05) is 23.9 Å². The van der Waals surface area contributed by atoms with Crippen molar-refractivity contribution in [2.45, 2.75) is 121 Å². The van der Waals surface area contributed by atoms with E-state index in [4.69, 9.17) is 23.8 Å². The largest absolute Gasteiger partial charge is 0.469 e. The van der Waals surface area contributed by atoms with Gasteiger partial charge in [-0.1, -0.05) is 113 Å². The Morgan fingerprint density at radius 2 is 1.53 bits per heavy atom. The number of unbranched alkanes of at least 4 members (excludes halogenated alkanes) is 14. The van der Waals surface area contributed by atoms with Crippen LogP contribution in [0.3, 0.4) is 0 Å². The van der Waals surface area contributed by atoms with Crippen LogP contribution in [0, 0.1) is 0 Å². The minimum Gasteiger partial charge on any atom is -0.469 e. The lowest BCUT2D eigenvalue weighted by Gasteiger charge is -2.20. The number of alkyl halides is 1. The average Bonchev–Trinajstić information content (AvgIpc) is 3.38. The van der Waals surface area contributed by atoms with Crippen molar-refractivity contribution in [3.05, 3.63) is 12.3 Å². The number of hydrogen-bond acceptors (Lipinski definition) is 7. The molecule has 0 radical (unpaired) electrons. The fraction of sp³-hybridized carbons (Fsp3) is 0.846. The first-order chi connectivity index (χ1) is 18.3. The molecule has 2 unspecified atom stereocenters. The third-order valence-corrected chi connectivity index (χ3v) is 7.22. The number of hydrogen-bond donors (Lipinski definition) is 3. The average molecular weight is 628 g/mol. The highest BCUT2D eigenvalue weighted by molar-refractivity contribution is 9.09. The second kappa shape index (κ2) is 22.7. The van der Waals surface area contributed by atoms with E-state index < -0.39 is 24.8 Å². The molecule has 1 rings (SSSR count). The van der Waals surface area contributed by atoms with Gasteiger partial charge in [0.15, 0.2) is 0 Å². The first-order valence-electron chi connectivity index (χ1n) is 14.1. The molecule has 1 amide bonds. The molecule has 0 saturated heterocycles. The third-order valence-electron chi connectivity index (χ3n) is 6.09. The minimum atomic E-state index is -4.58. The SMILES string of the molecule is CCCCCCCCCCCCCCCCCNC(=O)OCC(CC(Br)COP(=O)(O)O)Oc1ccon1. The lowest BCUT2D eigenvalue weighted by molar-refractivity contribution is 0.0699. The summed E-state index contributed by atoms with van der Waals surface area (Å²) >= 11 is 3.30. The van der Waals surface area contributed by atoms with Gasteiger partial charge in [-0.15, -0.1) is 0 Å². The number of phosphoric ester groups is 1. The topological polar surface area (TPSA) is 140 Å². The number of phosphoric acid groups is 1. The van der Waals surface area contributed by atoms with Gasteiger partial charge < -0.3 is 29.1 Å². The Labute approximate surface area is 236 Å². The second-order valence-corrected chi connectivity index (χ2v) is 12.2. The van der Waals surface area contributed by atoms with E-state index in [2.05, 4.69) is 37.9 Å². The summed E-state index contributed by atoms with van der Waals surface area (Å²) in [5, 5.41) is 6.43. The predicted molar refractivity (Wildman–Crippen MR) is 151 cm³/mol. The van der Waals surface area contributed by atoms with E-state index in [0.717, 1.165) is 12.8 Å². The van der Waals surface area contributed by atoms with E-state index in [-0.39, 0.29) is 25.5 Å². The number of aromatic nitrogens is 1. The monoisotopic (exact) mass is 626 g/mol. The van der Waals surface area contributed by atoms with E-state index in [1.54, 1.807) is 0 Å². The van der Waals surface area contributed by atoms with E-state index >= 15 is 0 Å². The summed E-state index contributed by atoms with van der Waals surface area (Å²) in [5.41, 5.74) is 0. The highest BCUT2D eigenvalue weighted by atomic mass is 79.9. The van der Waals surface area contributed by atoms with Crippen molar-refractivity contribution in [1.29, 1.82) is 0 Å². The Morgan fingerprint density at radius 1 is 0.974 bits per heavy atom. The van der Waals surface area contributed by atoms with E-state index in [1.807, 2.05) is 0 Å². The zero-order valence-electron chi connectivity index (χ0n) is 22.9. The fourth-order valence-electron chi connectivity index (χ4n) is 4.02. The van der Waals surface area contributed by atoms with Gasteiger partial charge in [0.1, 0.15) is 19.0 Å². The van der Waals surface area contributed by atoms with Gasteiger partial charge in [0.25, 0.3) is 5.88 Å². The van der Waals surface area contributed by atoms with Gasteiger partial charge in [0.05, 0.1) is 6.61 Å². The van der Waals surface area contributed by atoms with Crippen LogP contribution in [-0.2, 0) is 13.8 Å². The standard InChI is InChI=1S/C26H48BrN2O8P/c1-2-3-4-5-6-7-8-9-10-11-12-13-14-15-16-18-28-26(30)34-22-24(37-25-17-19-35-29-25)20-23(27)21-36-38(31,32)33/h17,19,23-24H,2-16,18,20-22H2,1H3,(H,28,30)(H2,31,32,33). The van der Waals surface area contributed by atoms with Crippen LogP contribution >= 0.6 is 23.8 Å². The summed E-state index contributed by atoms with van der Waals surface area (Å²) in [6.07, 6.45) is 19.8. The van der Waals surface area contributed by atoms with E-state index in [9.17, 15) is 9.36 Å². The quantitative estimate of drug-likeness (QED) is 0.0579. The maximum atomic E-state index is 12.1. The fourth-order valence-corrected chi connectivity index (χ4v) is 5.15. The number of nitrogens with one attached hydrogen (secondary N) is 1. The molecule has 38 heavy (non-hydrogen) atoms. The molecule has 222 valence electrons. The van der Waals surface area contributed by atoms with Crippen molar-refractivity contribution in [3.63, 3.8) is 0 Å². The Bertz CT molecular complexity index is 735. The molecule has 0 aliphatic heterocycles. The summed E-state index contributed by atoms with van der Waals surface area (Å²) in [6.45, 7) is 2.49. The molecule has 10 nitrogen and oxygen atoms in total. The number of nitrogens with zero attached hydrogens (tertiary/aromatic N) is 1.